The topological polar surface area (TPSA) is 55.1 Å². The van der Waals surface area contributed by atoms with E-state index in [2.05, 4.69) is 11.1 Å². The molecule has 0 spiro atoms. The van der Waals surface area contributed by atoms with E-state index < -0.39 is 0 Å². The Morgan fingerprint density at radius 1 is 1.10 bits per heavy atom. The third-order valence-electron chi connectivity index (χ3n) is 4.50. The molecule has 0 aliphatic rings. The number of rotatable bonds is 6. The molecular weight excluding hydrogens is 416 g/mol. The number of para-hydroxylation sites is 2. The number of allylic oxidation sites excluding steroid dienone is 1. The number of hydrogen-bond donors (Lipinski definition) is 0. The first-order chi connectivity index (χ1) is 14.7. The second-order valence-corrected chi connectivity index (χ2v) is 7.85. The van der Waals surface area contributed by atoms with Crippen molar-refractivity contribution >= 4 is 44.8 Å². The van der Waals surface area contributed by atoms with Crippen molar-refractivity contribution in [1.82, 2.24) is 4.98 Å². The monoisotopic (exact) mass is 432 g/mol. The minimum atomic E-state index is 0.282. The van der Waals surface area contributed by atoms with E-state index in [1.54, 1.807) is 13.2 Å². The van der Waals surface area contributed by atoms with E-state index >= 15 is 0 Å². The largest absolute Gasteiger partial charge is 0.493 e. The highest BCUT2D eigenvalue weighted by atomic mass is 35.5. The summed E-state index contributed by atoms with van der Waals surface area (Å²) in [6.07, 6.45) is 1.78. The zero-order chi connectivity index (χ0) is 20.9. The number of thiazole rings is 1. The van der Waals surface area contributed by atoms with Crippen LogP contribution in [-0.4, -0.2) is 12.1 Å². The lowest BCUT2D eigenvalue weighted by molar-refractivity contribution is 0.284. The van der Waals surface area contributed by atoms with Gasteiger partial charge in [0.05, 0.1) is 22.9 Å². The molecule has 0 amide bonds. The van der Waals surface area contributed by atoms with Gasteiger partial charge in [-0.05, 0) is 30.3 Å². The Kier molecular flexibility index (Phi) is 5.99. The molecule has 0 aliphatic heterocycles. The Hall–Kier alpha value is -3.33. The number of nitrogens with zero attached hydrogens (tertiary/aromatic N) is 2. The molecule has 0 saturated heterocycles. The molecule has 0 aliphatic carbocycles. The molecule has 4 aromatic rings. The molecule has 0 unspecified atom stereocenters. The molecule has 0 bridgehead atoms. The molecule has 0 fully saturated rings. The molecule has 1 heterocycles. The summed E-state index contributed by atoms with van der Waals surface area (Å²) in [5.74, 6) is 1.13. The van der Waals surface area contributed by atoms with Gasteiger partial charge in [0.1, 0.15) is 17.7 Å². The quantitative estimate of drug-likeness (QED) is 0.322. The number of halogens is 1. The summed E-state index contributed by atoms with van der Waals surface area (Å²) in [4.78, 5) is 4.60. The fraction of sp³-hybridized carbons (Fsp3) is 0.0833. The highest BCUT2D eigenvalue weighted by Gasteiger charge is 2.14. The average molecular weight is 433 g/mol. The van der Waals surface area contributed by atoms with Crippen LogP contribution in [0.5, 0.6) is 11.5 Å². The summed E-state index contributed by atoms with van der Waals surface area (Å²) < 4.78 is 12.6. The van der Waals surface area contributed by atoms with Crippen molar-refractivity contribution in [3.8, 4) is 17.6 Å². The fourth-order valence-corrected chi connectivity index (χ4v) is 4.13. The van der Waals surface area contributed by atoms with E-state index in [1.807, 2.05) is 66.7 Å². The summed E-state index contributed by atoms with van der Waals surface area (Å²) in [6.45, 7) is 0.282. The smallest absolute Gasteiger partial charge is 0.168 e. The van der Waals surface area contributed by atoms with E-state index in [9.17, 15) is 5.26 Å². The second-order valence-electron chi connectivity index (χ2n) is 6.42. The van der Waals surface area contributed by atoms with Crippen LogP contribution in [0.15, 0.2) is 66.7 Å². The number of fused-ring (bicyclic) bond motifs is 1. The van der Waals surface area contributed by atoms with Gasteiger partial charge in [-0.3, -0.25) is 0 Å². The van der Waals surface area contributed by atoms with Crippen molar-refractivity contribution in [1.29, 1.82) is 5.26 Å². The Balaban J connectivity index is 1.72. The molecule has 0 radical (unpaired) electrons. The van der Waals surface area contributed by atoms with Crippen LogP contribution in [0.4, 0.5) is 0 Å². The van der Waals surface area contributed by atoms with Crippen LogP contribution in [0, 0.1) is 11.3 Å². The SMILES string of the molecule is COc1cccc(C=C(C#N)c2nc3ccccc3s2)c1OCc1ccccc1Cl. The van der Waals surface area contributed by atoms with E-state index in [1.165, 1.54) is 11.3 Å². The number of benzene rings is 3. The minimum Gasteiger partial charge on any atom is -0.493 e. The van der Waals surface area contributed by atoms with Crippen molar-refractivity contribution in [2.75, 3.05) is 7.11 Å². The summed E-state index contributed by atoms with van der Waals surface area (Å²) in [5.41, 5.74) is 2.94. The van der Waals surface area contributed by atoms with Gasteiger partial charge in [0.2, 0.25) is 0 Å². The van der Waals surface area contributed by atoms with E-state index in [-0.39, 0.29) is 6.61 Å². The van der Waals surface area contributed by atoms with Gasteiger partial charge in [0, 0.05) is 16.1 Å². The molecule has 4 rings (SSSR count). The van der Waals surface area contributed by atoms with Crippen LogP contribution >= 0.6 is 22.9 Å². The Bertz CT molecular complexity index is 1240. The second kappa shape index (κ2) is 9.00. The van der Waals surface area contributed by atoms with Crippen molar-refractivity contribution in [3.63, 3.8) is 0 Å². The lowest BCUT2D eigenvalue weighted by Gasteiger charge is -2.14. The first kappa shape index (κ1) is 20.0. The molecule has 0 saturated carbocycles. The van der Waals surface area contributed by atoms with Gasteiger partial charge in [-0.2, -0.15) is 5.26 Å². The predicted octanol–water partition coefficient (Wildman–Crippen LogP) is 6.60. The lowest BCUT2D eigenvalue weighted by Crippen LogP contribution is -2.00. The van der Waals surface area contributed by atoms with Crippen LogP contribution in [0.1, 0.15) is 16.1 Å². The number of aromatic nitrogens is 1. The third kappa shape index (κ3) is 4.16. The van der Waals surface area contributed by atoms with Crippen LogP contribution < -0.4 is 9.47 Å². The van der Waals surface area contributed by atoms with Crippen molar-refractivity contribution in [2.24, 2.45) is 0 Å². The maximum absolute atomic E-state index is 9.79. The maximum Gasteiger partial charge on any atom is 0.168 e. The molecular formula is C24H17ClN2O2S. The summed E-state index contributed by atoms with van der Waals surface area (Å²) in [5, 5.41) is 11.1. The van der Waals surface area contributed by atoms with Crippen LogP contribution in [0.3, 0.4) is 0 Å². The summed E-state index contributed by atoms with van der Waals surface area (Å²) in [7, 11) is 1.59. The van der Waals surface area contributed by atoms with Crippen LogP contribution in [-0.2, 0) is 6.61 Å². The Morgan fingerprint density at radius 3 is 2.67 bits per heavy atom. The third-order valence-corrected chi connectivity index (χ3v) is 5.94. The Morgan fingerprint density at radius 2 is 1.90 bits per heavy atom. The molecule has 148 valence electrons. The molecule has 3 aromatic carbocycles. The van der Waals surface area contributed by atoms with Crippen molar-refractivity contribution in [2.45, 2.75) is 6.61 Å². The first-order valence-corrected chi connectivity index (χ1v) is 10.4. The van der Waals surface area contributed by atoms with Gasteiger partial charge in [0.25, 0.3) is 0 Å². The summed E-state index contributed by atoms with van der Waals surface area (Å²) in [6, 6.07) is 23.2. The normalized spacial score (nSPS) is 11.3. The minimum absolute atomic E-state index is 0.282. The van der Waals surface area contributed by atoms with Gasteiger partial charge in [0.15, 0.2) is 11.5 Å². The number of ether oxygens (including phenoxy) is 2. The maximum atomic E-state index is 9.79. The predicted molar refractivity (Wildman–Crippen MR) is 122 cm³/mol. The van der Waals surface area contributed by atoms with Crippen molar-refractivity contribution in [3.05, 3.63) is 87.9 Å². The lowest BCUT2D eigenvalue weighted by atomic mass is 10.1. The number of hydrogen-bond acceptors (Lipinski definition) is 5. The Labute approximate surface area is 183 Å². The molecule has 0 atom stereocenters. The van der Waals surface area contributed by atoms with E-state index in [0.29, 0.717) is 27.1 Å². The molecule has 0 N–H and O–H groups in total. The molecule has 6 heteroatoms. The van der Waals surface area contributed by atoms with Gasteiger partial charge >= 0.3 is 0 Å². The van der Waals surface area contributed by atoms with Gasteiger partial charge in [-0.1, -0.05) is 54.1 Å². The van der Waals surface area contributed by atoms with Crippen LogP contribution in [0.2, 0.25) is 5.02 Å². The highest BCUT2D eigenvalue weighted by Crippen LogP contribution is 2.36. The molecule has 1 aromatic heterocycles. The van der Waals surface area contributed by atoms with Crippen LogP contribution in [0.25, 0.3) is 21.9 Å². The molecule has 30 heavy (non-hydrogen) atoms. The van der Waals surface area contributed by atoms with Gasteiger partial charge in [-0.15, -0.1) is 11.3 Å². The van der Waals surface area contributed by atoms with Gasteiger partial charge < -0.3 is 9.47 Å². The van der Waals surface area contributed by atoms with E-state index in [0.717, 1.165) is 21.3 Å². The molecule has 4 nitrogen and oxygen atoms in total. The number of nitriles is 1. The zero-order valence-corrected chi connectivity index (χ0v) is 17.7. The van der Waals surface area contributed by atoms with Gasteiger partial charge in [-0.25, -0.2) is 4.98 Å². The highest BCUT2D eigenvalue weighted by molar-refractivity contribution is 7.19. The van der Waals surface area contributed by atoms with E-state index in [4.69, 9.17) is 21.1 Å². The average Bonchev–Trinajstić information content (AvgIpc) is 3.21. The summed E-state index contributed by atoms with van der Waals surface area (Å²) >= 11 is 7.74. The van der Waals surface area contributed by atoms with Crippen molar-refractivity contribution < 1.29 is 9.47 Å². The number of methoxy groups -OCH3 is 1. The zero-order valence-electron chi connectivity index (χ0n) is 16.1. The fourth-order valence-electron chi connectivity index (χ4n) is 3.01. The first-order valence-electron chi connectivity index (χ1n) is 9.20. The standard InChI is InChI=1S/C24H17ClN2O2S/c1-28-21-11-6-8-16(23(21)29-15-17-7-2-3-9-19(17)25)13-18(14-26)24-27-20-10-4-5-12-22(20)30-24/h2-13H,15H2,1H3.